The molecule has 0 bridgehead atoms. The molecule has 85 heavy (non-hydrogen) atoms. The maximum atomic E-state index is 13.2. The Morgan fingerprint density at radius 2 is 0.847 bits per heavy atom. The number of benzene rings is 13. The molecule has 5 heterocycles. The van der Waals surface area contributed by atoms with Crippen molar-refractivity contribution in [2.24, 2.45) is 0 Å². The van der Waals surface area contributed by atoms with Crippen LogP contribution in [0.4, 0.5) is 5.69 Å². The topological polar surface area (TPSA) is 61.0 Å². The van der Waals surface area contributed by atoms with Gasteiger partial charge in [-0.25, -0.2) is 4.85 Å². The standard InChI is InChI=1S/C78H44N6O/c1-80-73-75(81-63-34-13-6-26-53(63)54-27-7-14-35-64(54)81)62(46-79)76(82-65-36-15-8-28-55(65)56-29-9-16-37-66(56)82)78(77(73)83-67-38-17-10-30-57(67)58-31-11-18-39-68(58)83)84-69-45-48(50-24-4-5-25-51(50)52-33-20-22-47-21-2-3-23-49(47)52)41-42-59(69)60-43-44-71-72(74(60)84)61-32-12-19-40-70(61)85-71/h2-45H/i6D,7D,8D,9D,10D,11D,13D,14D,15D,16D,17D,18D,26D,27D,28D,29D,30D,31D,34D,35D,36D,37D,38D,39D. The van der Waals surface area contributed by atoms with Crippen LogP contribution in [-0.4, -0.2) is 18.3 Å². The molecule has 0 fully saturated rings. The first-order valence-electron chi connectivity index (χ1n) is 38.6. The van der Waals surface area contributed by atoms with Gasteiger partial charge in [0.1, 0.15) is 17.2 Å². The number of nitrogens with zero attached hydrogens (tertiary/aromatic N) is 6. The summed E-state index contributed by atoms with van der Waals surface area (Å²) in [5, 5.41) is 12.9. The molecular weight excluding hydrogens is 1040 g/mol. The molecule has 0 amide bonds. The highest BCUT2D eigenvalue weighted by atomic mass is 16.3. The fraction of sp³-hybridized carbons (Fsp3) is 0. The number of para-hydroxylation sites is 7. The predicted molar refractivity (Wildman–Crippen MR) is 350 cm³/mol. The van der Waals surface area contributed by atoms with Crippen molar-refractivity contribution in [3.05, 3.63) is 283 Å². The van der Waals surface area contributed by atoms with Crippen LogP contribution in [0, 0.1) is 17.9 Å². The summed E-state index contributed by atoms with van der Waals surface area (Å²) in [6.45, 7) is 10.1. The lowest BCUT2D eigenvalue weighted by Crippen LogP contribution is -2.14. The van der Waals surface area contributed by atoms with Gasteiger partial charge in [0.05, 0.1) is 117 Å². The first-order chi connectivity index (χ1) is 52.1. The van der Waals surface area contributed by atoms with Gasteiger partial charge in [0, 0.05) is 48.5 Å². The number of furan rings is 1. The Labute approximate surface area is 519 Å². The highest BCUT2D eigenvalue weighted by molar-refractivity contribution is 6.26. The Balaban J connectivity index is 1.24. The van der Waals surface area contributed by atoms with E-state index in [9.17, 15) is 42.0 Å². The van der Waals surface area contributed by atoms with Crippen molar-refractivity contribution in [3.8, 4) is 51.1 Å². The molecule has 0 aliphatic heterocycles. The zero-order chi connectivity index (χ0) is 76.9. The van der Waals surface area contributed by atoms with Crippen LogP contribution >= 0.6 is 0 Å². The fourth-order valence-electron chi connectivity index (χ4n) is 12.8. The molecule has 0 N–H and O–H groups in total. The van der Waals surface area contributed by atoms with Gasteiger partial charge in [0.25, 0.3) is 0 Å². The minimum atomic E-state index is -0.972. The highest BCUT2D eigenvalue weighted by Crippen LogP contribution is 2.53. The van der Waals surface area contributed by atoms with E-state index in [0.29, 0.717) is 32.9 Å². The van der Waals surface area contributed by atoms with Crippen LogP contribution in [0.3, 0.4) is 0 Å². The molecule has 0 aliphatic rings. The maximum absolute atomic E-state index is 13.2. The summed E-state index contributed by atoms with van der Waals surface area (Å²) in [6.07, 6.45) is 0. The van der Waals surface area contributed by atoms with Gasteiger partial charge >= 0.3 is 0 Å². The molecule has 7 nitrogen and oxygen atoms in total. The van der Waals surface area contributed by atoms with Crippen molar-refractivity contribution < 1.29 is 37.3 Å². The summed E-state index contributed by atoms with van der Waals surface area (Å²) >= 11 is 0. The van der Waals surface area contributed by atoms with E-state index in [-0.39, 0.29) is 22.0 Å². The molecule has 18 aromatic rings. The van der Waals surface area contributed by atoms with Crippen LogP contribution in [0.2, 0.25) is 0 Å². The summed E-state index contributed by atoms with van der Waals surface area (Å²) in [5.41, 5.74) is -5.67. The molecule has 392 valence electrons. The largest absolute Gasteiger partial charge is 0.456 e. The Bertz CT molecular complexity index is 7080. The molecule has 0 spiro atoms. The average molecular weight is 1110 g/mol. The van der Waals surface area contributed by atoms with Crippen molar-refractivity contribution in [1.29, 1.82) is 5.26 Å². The zero-order valence-corrected chi connectivity index (χ0v) is 43.6. The molecule has 0 aliphatic carbocycles. The smallest absolute Gasteiger partial charge is 0.237 e. The molecule has 13 aromatic carbocycles. The van der Waals surface area contributed by atoms with E-state index in [1.165, 1.54) is 4.57 Å². The first-order valence-corrected chi connectivity index (χ1v) is 26.6. The number of hydrogen-bond donors (Lipinski definition) is 0. The Kier molecular flexibility index (Phi) is 6.11. The van der Waals surface area contributed by atoms with E-state index in [1.807, 2.05) is 72.8 Å². The van der Waals surface area contributed by atoms with Gasteiger partial charge in [-0.15, -0.1) is 0 Å². The summed E-state index contributed by atoms with van der Waals surface area (Å²) < 4.78 is 243. The van der Waals surface area contributed by atoms with Crippen molar-refractivity contribution in [3.63, 3.8) is 0 Å². The fourth-order valence-corrected chi connectivity index (χ4v) is 12.8. The summed E-state index contributed by atoms with van der Waals surface area (Å²) in [6, 6.07) is 16.9. The zero-order valence-electron chi connectivity index (χ0n) is 67.6. The Morgan fingerprint density at radius 1 is 0.376 bits per heavy atom. The molecule has 0 saturated heterocycles. The van der Waals surface area contributed by atoms with Crippen LogP contribution < -0.4 is 0 Å². The molecule has 5 aromatic heterocycles. The molecule has 0 unspecified atom stereocenters. The second-order valence-corrected chi connectivity index (χ2v) is 20.3. The lowest BCUT2D eigenvalue weighted by Gasteiger charge is -2.27. The van der Waals surface area contributed by atoms with E-state index < -0.39 is 244 Å². The summed E-state index contributed by atoms with van der Waals surface area (Å²) in [7, 11) is 0. The van der Waals surface area contributed by atoms with Crippen molar-refractivity contribution in [2.45, 2.75) is 0 Å². The lowest BCUT2D eigenvalue weighted by atomic mass is 9.91. The SMILES string of the molecule is [2H]c1c([2H])c([2H])c2c(c1[2H])c1c([2H])c([2H])c([2H])c([2H])c1n2-c1c(C#N)c(-n2c3c([2H])c([2H])c([2H])c([2H])c3c3c([2H])c([2H])c([2H])c([2H])c32)c(-n2c3cc(-c4ccccc4-c4cccc5ccccc45)ccc3c3ccc4oc5ccccc5c4c32)c(-n2c3c([2H])c([2H])c([2H])c([2H])c3c3c([2H])c([2H])c([2H])c([2H])c32)c1[N+]#[C-]. The van der Waals surface area contributed by atoms with Gasteiger partial charge in [-0.3, -0.25) is 0 Å². The Hall–Kier alpha value is -11.9. The van der Waals surface area contributed by atoms with Crippen LogP contribution in [-0.2, 0) is 0 Å². The number of fused-ring (bicyclic) bond motifs is 17. The number of nitriles is 1. The normalized spacial score (nSPS) is 15.9. The maximum Gasteiger partial charge on any atom is 0.237 e. The minimum Gasteiger partial charge on any atom is -0.456 e. The quantitative estimate of drug-likeness (QED) is 0.156. The molecule has 0 saturated carbocycles. The van der Waals surface area contributed by atoms with Gasteiger partial charge in [-0.2, -0.15) is 5.26 Å². The third-order valence-corrected chi connectivity index (χ3v) is 16.2. The van der Waals surface area contributed by atoms with Crippen molar-refractivity contribution in [1.82, 2.24) is 18.3 Å². The number of rotatable bonds is 6. The van der Waals surface area contributed by atoms with Gasteiger partial charge in [-0.1, -0.05) is 206 Å². The van der Waals surface area contributed by atoms with Gasteiger partial charge in [0.15, 0.2) is 0 Å². The minimum absolute atomic E-state index is 0.112. The number of aromatic nitrogens is 4. The molecule has 7 heteroatoms. The van der Waals surface area contributed by atoms with E-state index in [4.69, 9.17) is 7.16 Å². The lowest BCUT2D eigenvalue weighted by molar-refractivity contribution is 0.669. The van der Waals surface area contributed by atoms with Crippen molar-refractivity contribution in [2.75, 3.05) is 0 Å². The first kappa shape index (κ1) is 29.2. The average Bonchev–Trinajstić information content (AvgIpc) is 1.53. The molecular formula is C78H44N6O. The van der Waals surface area contributed by atoms with E-state index in [2.05, 4.69) is 10.9 Å². The molecule has 0 atom stereocenters. The third-order valence-electron chi connectivity index (χ3n) is 16.2. The monoisotopic (exact) mass is 1100 g/mol. The summed E-state index contributed by atoms with van der Waals surface area (Å²) in [4.78, 5) is 4.32. The predicted octanol–water partition coefficient (Wildman–Crippen LogP) is 20.9. The summed E-state index contributed by atoms with van der Waals surface area (Å²) in [5.74, 6) is 0. The number of hydrogen-bond acceptors (Lipinski definition) is 2. The molecule has 0 radical (unpaired) electrons. The van der Waals surface area contributed by atoms with Gasteiger partial charge in [0.2, 0.25) is 5.69 Å². The third kappa shape index (κ3) is 6.41. The second-order valence-electron chi connectivity index (χ2n) is 20.3. The van der Waals surface area contributed by atoms with Crippen LogP contribution in [0.15, 0.2) is 271 Å². The van der Waals surface area contributed by atoms with E-state index in [1.54, 1.807) is 48.5 Å². The van der Waals surface area contributed by atoms with Crippen LogP contribution in [0.5, 0.6) is 0 Å². The van der Waals surface area contributed by atoms with Crippen LogP contribution in [0.25, 0.3) is 170 Å². The van der Waals surface area contributed by atoms with E-state index >= 15 is 0 Å². The van der Waals surface area contributed by atoms with Gasteiger partial charge < -0.3 is 22.7 Å². The second kappa shape index (κ2) is 17.8. The van der Waals surface area contributed by atoms with E-state index in [0.717, 1.165) is 35.6 Å². The Morgan fingerprint density at radius 3 is 1.42 bits per heavy atom. The molecule has 18 rings (SSSR count). The van der Waals surface area contributed by atoms with Crippen molar-refractivity contribution >= 4 is 126 Å². The van der Waals surface area contributed by atoms with Gasteiger partial charge in [-0.05, 0) is 93.5 Å². The van der Waals surface area contributed by atoms with Crippen LogP contribution in [0.1, 0.15) is 38.5 Å². The highest BCUT2D eigenvalue weighted by Gasteiger charge is 2.35.